The highest BCUT2D eigenvalue weighted by Gasteiger charge is 2.29. The molecular weight excluding hydrogens is 612 g/mol. The van der Waals surface area contributed by atoms with E-state index in [0.717, 1.165) is 16.2 Å². The highest BCUT2D eigenvalue weighted by Crippen LogP contribution is 2.42. The van der Waals surface area contributed by atoms with E-state index in [4.69, 9.17) is 46.4 Å². The Morgan fingerprint density at radius 2 is 1.47 bits per heavy atom. The largest absolute Gasteiger partial charge is 0.478 e. The molecule has 0 fully saturated rings. The number of nitrogens with one attached hydrogen (secondary N) is 2. The van der Waals surface area contributed by atoms with Gasteiger partial charge in [0.15, 0.2) is 5.13 Å². The lowest BCUT2D eigenvalue weighted by atomic mass is 10.1. The molecule has 0 aliphatic rings. The van der Waals surface area contributed by atoms with Gasteiger partial charge in [-0.25, -0.2) is 9.78 Å². The summed E-state index contributed by atoms with van der Waals surface area (Å²) < 4.78 is 0. The van der Waals surface area contributed by atoms with E-state index < -0.39 is 28.0 Å². The third-order valence-corrected chi connectivity index (χ3v) is 8.58. The van der Waals surface area contributed by atoms with Gasteiger partial charge in [-0.3, -0.25) is 9.59 Å². The number of amides is 2. The van der Waals surface area contributed by atoms with Gasteiger partial charge in [0.25, 0.3) is 5.91 Å². The summed E-state index contributed by atoms with van der Waals surface area (Å²) in [6, 6.07) is 16.3. The average molecular weight is 627 g/mol. The van der Waals surface area contributed by atoms with Gasteiger partial charge in [0.05, 0.1) is 42.7 Å². The zero-order chi connectivity index (χ0) is 27.4. The van der Waals surface area contributed by atoms with Gasteiger partial charge in [-0.15, -0.1) is 23.1 Å². The maximum atomic E-state index is 12.9. The maximum Gasteiger partial charge on any atom is 0.338 e. The van der Waals surface area contributed by atoms with Crippen molar-refractivity contribution in [3.05, 3.63) is 91.2 Å². The van der Waals surface area contributed by atoms with Gasteiger partial charge in [-0.1, -0.05) is 76.7 Å². The van der Waals surface area contributed by atoms with Gasteiger partial charge in [-0.2, -0.15) is 0 Å². The molecule has 38 heavy (non-hydrogen) atoms. The summed E-state index contributed by atoms with van der Waals surface area (Å²) in [7, 11) is 0. The number of hydrogen-bond acceptors (Lipinski definition) is 6. The van der Waals surface area contributed by atoms with Crippen LogP contribution in [0.4, 0.5) is 10.8 Å². The summed E-state index contributed by atoms with van der Waals surface area (Å²) in [5.74, 6) is -2.38. The third kappa shape index (κ3) is 6.43. The number of halogens is 4. The molecule has 2 amide bonds. The zero-order valence-corrected chi connectivity index (χ0v) is 23.6. The Kier molecular flexibility index (Phi) is 9.19. The second kappa shape index (κ2) is 12.4. The van der Waals surface area contributed by atoms with Crippen LogP contribution in [0, 0.1) is 0 Å². The van der Waals surface area contributed by atoms with Crippen molar-refractivity contribution in [1.82, 2.24) is 4.98 Å². The lowest BCUT2D eigenvalue weighted by Crippen LogP contribution is -2.18. The molecule has 1 aromatic heterocycles. The summed E-state index contributed by atoms with van der Waals surface area (Å²) >= 11 is 26.7. The summed E-state index contributed by atoms with van der Waals surface area (Å²) in [5, 5.41) is 16.1. The molecule has 3 N–H and O–H groups in total. The number of thiazole rings is 1. The van der Waals surface area contributed by atoms with Crippen LogP contribution in [0.1, 0.15) is 20.7 Å². The molecule has 4 aromatic rings. The summed E-state index contributed by atoms with van der Waals surface area (Å²) in [4.78, 5) is 42.2. The number of carbonyl (C=O) groups excluding carboxylic acids is 2. The molecule has 0 saturated carbocycles. The normalized spacial score (nSPS) is 10.7. The first kappa shape index (κ1) is 28.2. The highest BCUT2D eigenvalue weighted by molar-refractivity contribution is 8.00. The fourth-order valence-electron chi connectivity index (χ4n) is 3.25. The van der Waals surface area contributed by atoms with Crippen molar-refractivity contribution < 1.29 is 19.5 Å². The molecular formula is C25H15Cl4N3O4S2. The first-order valence-electron chi connectivity index (χ1n) is 10.6. The topological polar surface area (TPSA) is 108 Å². The van der Waals surface area contributed by atoms with Crippen molar-refractivity contribution in [1.29, 1.82) is 0 Å². The van der Waals surface area contributed by atoms with Crippen LogP contribution in [0.15, 0.2) is 64.9 Å². The van der Waals surface area contributed by atoms with E-state index >= 15 is 0 Å². The highest BCUT2D eigenvalue weighted by atomic mass is 35.5. The van der Waals surface area contributed by atoms with Crippen LogP contribution >= 0.6 is 69.5 Å². The molecule has 4 rings (SSSR count). The quantitative estimate of drug-likeness (QED) is 0.104. The van der Waals surface area contributed by atoms with E-state index in [1.807, 2.05) is 35.7 Å². The van der Waals surface area contributed by atoms with E-state index in [0.29, 0.717) is 10.8 Å². The van der Waals surface area contributed by atoms with Crippen molar-refractivity contribution in [2.24, 2.45) is 0 Å². The van der Waals surface area contributed by atoms with Gasteiger partial charge in [0.2, 0.25) is 5.91 Å². The number of rotatable bonds is 8. The number of anilines is 2. The van der Waals surface area contributed by atoms with E-state index in [1.54, 1.807) is 24.3 Å². The first-order chi connectivity index (χ1) is 18.2. The molecule has 0 aliphatic heterocycles. The van der Waals surface area contributed by atoms with Gasteiger partial charge in [0.1, 0.15) is 0 Å². The number of aromatic carboxylic acids is 1. The molecule has 0 atom stereocenters. The smallest absolute Gasteiger partial charge is 0.338 e. The van der Waals surface area contributed by atoms with Crippen LogP contribution in [0.25, 0.3) is 11.3 Å². The van der Waals surface area contributed by atoms with Crippen LogP contribution in [-0.2, 0) is 4.79 Å². The SMILES string of the molecule is O=C(CSc1ccc(NC(=O)c2c(Cl)c(Cl)c(Cl)c(Cl)c2C(=O)O)cc1)Nc1nc(-c2ccccc2)cs1. The Labute approximate surface area is 245 Å². The predicted octanol–water partition coefficient (Wildman–Crippen LogP) is 8.11. The van der Waals surface area contributed by atoms with E-state index in [2.05, 4.69) is 15.6 Å². The van der Waals surface area contributed by atoms with Crippen molar-refractivity contribution in [2.45, 2.75) is 4.90 Å². The molecule has 3 aromatic carbocycles. The third-order valence-electron chi connectivity index (χ3n) is 5.01. The minimum atomic E-state index is -1.49. The van der Waals surface area contributed by atoms with E-state index in [-0.39, 0.29) is 26.7 Å². The van der Waals surface area contributed by atoms with Crippen molar-refractivity contribution >= 4 is 98.1 Å². The number of hydrogen-bond donors (Lipinski definition) is 3. The van der Waals surface area contributed by atoms with Crippen molar-refractivity contribution in [3.63, 3.8) is 0 Å². The fraction of sp³-hybridized carbons (Fsp3) is 0.0400. The lowest BCUT2D eigenvalue weighted by Gasteiger charge is -2.14. The van der Waals surface area contributed by atoms with Crippen LogP contribution in [-0.4, -0.2) is 33.6 Å². The standard InChI is InChI=1S/C25H15Cl4N3O4S2/c26-19-17(18(24(35)36)20(27)22(29)21(19)28)23(34)30-13-6-8-14(9-7-13)37-11-16(33)32-25-31-15(10-38-25)12-4-2-1-3-5-12/h1-10H,11H2,(H,30,34)(H,35,36)(H,31,32,33). The Hall–Kier alpha value is -2.79. The number of carboxylic acid groups (broad SMARTS) is 1. The van der Waals surface area contributed by atoms with Gasteiger partial charge >= 0.3 is 5.97 Å². The van der Waals surface area contributed by atoms with Crippen molar-refractivity contribution in [3.8, 4) is 11.3 Å². The predicted molar refractivity (Wildman–Crippen MR) is 155 cm³/mol. The zero-order valence-electron chi connectivity index (χ0n) is 18.9. The van der Waals surface area contributed by atoms with Crippen LogP contribution in [0.5, 0.6) is 0 Å². The molecule has 0 aliphatic carbocycles. The lowest BCUT2D eigenvalue weighted by molar-refractivity contribution is -0.113. The summed E-state index contributed by atoms with van der Waals surface area (Å²) in [6.45, 7) is 0. The Bertz CT molecular complexity index is 1530. The molecule has 7 nitrogen and oxygen atoms in total. The Balaban J connectivity index is 1.37. The number of carboxylic acids is 1. The summed E-state index contributed by atoms with van der Waals surface area (Å²) in [5.41, 5.74) is 1.14. The maximum absolute atomic E-state index is 12.9. The molecule has 0 radical (unpaired) electrons. The molecule has 1 heterocycles. The Morgan fingerprint density at radius 1 is 0.842 bits per heavy atom. The number of thioether (sulfide) groups is 1. The molecule has 0 spiro atoms. The molecule has 0 bridgehead atoms. The molecule has 0 unspecified atom stereocenters. The minimum Gasteiger partial charge on any atom is -0.478 e. The molecule has 13 heteroatoms. The molecule has 0 saturated heterocycles. The van der Waals surface area contributed by atoms with Gasteiger partial charge < -0.3 is 15.7 Å². The fourth-order valence-corrected chi connectivity index (χ4v) is 5.70. The number of aromatic nitrogens is 1. The second-order valence-electron chi connectivity index (χ2n) is 7.53. The molecule has 194 valence electrons. The van der Waals surface area contributed by atoms with Crippen molar-refractivity contribution in [2.75, 3.05) is 16.4 Å². The average Bonchev–Trinajstić information content (AvgIpc) is 3.37. The van der Waals surface area contributed by atoms with E-state index in [1.165, 1.54) is 23.1 Å². The van der Waals surface area contributed by atoms with Crippen LogP contribution in [0.3, 0.4) is 0 Å². The number of nitrogens with zero attached hydrogens (tertiary/aromatic N) is 1. The Morgan fingerprint density at radius 3 is 2.11 bits per heavy atom. The number of carbonyl (C=O) groups is 3. The van der Waals surface area contributed by atoms with Crippen LogP contribution in [0.2, 0.25) is 20.1 Å². The second-order valence-corrected chi connectivity index (χ2v) is 10.9. The minimum absolute atomic E-state index is 0.144. The summed E-state index contributed by atoms with van der Waals surface area (Å²) in [6.07, 6.45) is 0. The van der Waals surface area contributed by atoms with Gasteiger partial charge in [0, 0.05) is 21.5 Å². The monoisotopic (exact) mass is 625 g/mol. The van der Waals surface area contributed by atoms with E-state index in [9.17, 15) is 19.5 Å². The van der Waals surface area contributed by atoms with Crippen LogP contribution < -0.4 is 10.6 Å². The first-order valence-corrected chi connectivity index (χ1v) is 14.0. The van der Waals surface area contributed by atoms with Gasteiger partial charge in [-0.05, 0) is 24.3 Å². The number of benzene rings is 3.